The van der Waals surface area contributed by atoms with Gasteiger partial charge in [-0.1, -0.05) is 30.3 Å². The fourth-order valence-corrected chi connectivity index (χ4v) is 2.82. The van der Waals surface area contributed by atoms with Gasteiger partial charge in [0.2, 0.25) is 5.91 Å². The van der Waals surface area contributed by atoms with Crippen molar-refractivity contribution in [1.29, 1.82) is 0 Å². The number of carbonyl (C=O) groups excluding carboxylic acids is 1. The predicted octanol–water partition coefficient (Wildman–Crippen LogP) is 4.30. The van der Waals surface area contributed by atoms with Crippen LogP contribution in [0.5, 0.6) is 23.0 Å². The van der Waals surface area contributed by atoms with E-state index in [1.807, 2.05) is 54.6 Å². The van der Waals surface area contributed by atoms with Crippen LogP contribution in [-0.2, 0) is 4.79 Å². The third-order valence-electron chi connectivity index (χ3n) is 4.12. The molecule has 0 spiro atoms. The minimum absolute atomic E-state index is 0.101. The lowest BCUT2D eigenvalue weighted by molar-refractivity contribution is -0.114. The largest absolute Gasteiger partial charge is 0.486 e. The van der Waals surface area contributed by atoms with Gasteiger partial charge in [0.05, 0.1) is 12.2 Å². The van der Waals surface area contributed by atoms with E-state index in [1.165, 1.54) is 0 Å². The highest BCUT2D eigenvalue weighted by Gasteiger charge is 2.13. The van der Waals surface area contributed by atoms with Crippen LogP contribution in [0.1, 0.15) is 0 Å². The molecule has 3 aromatic rings. The summed E-state index contributed by atoms with van der Waals surface area (Å²) >= 11 is 0. The number of carbonyl (C=O) groups is 1. The van der Waals surface area contributed by atoms with E-state index in [0.29, 0.717) is 36.1 Å². The number of hydrogen-bond donors (Lipinski definition) is 2. The molecule has 1 aliphatic rings. The molecule has 3 aromatic carbocycles. The first-order chi connectivity index (χ1) is 13.8. The van der Waals surface area contributed by atoms with Gasteiger partial charge >= 0.3 is 0 Å². The van der Waals surface area contributed by atoms with Crippen molar-refractivity contribution in [2.45, 2.75) is 0 Å². The second kappa shape index (κ2) is 8.35. The first kappa shape index (κ1) is 17.7. The van der Waals surface area contributed by atoms with Gasteiger partial charge in [0.1, 0.15) is 19.0 Å². The number of ether oxygens (including phenoxy) is 3. The van der Waals surface area contributed by atoms with Gasteiger partial charge in [-0.05, 0) is 36.4 Å². The lowest BCUT2D eigenvalue weighted by Crippen LogP contribution is -2.22. The second-order valence-electron chi connectivity index (χ2n) is 6.17. The molecule has 1 amide bonds. The molecule has 0 fully saturated rings. The normalized spacial score (nSPS) is 12.1. The summed E-state index contributed by atoms with van der Waals surface area (Å²) in [5.41, 5.74) is 1.40. The maximum absolute atomic E-state index is 12.3. The van der Waals surface area contributed by atoms with E-state index in [0.717, 1.165) is 11.4 Å². The molecular formula is C22H20N2O4. The average Bonchev–Trinajstić information content (AvgIpc) is 2.74. The summed E-state index contributed by atoms with van der Waals surface area (Å²) in [6.45, 7) is 1.14. The van der Waals surface area contributed by atoms with Crippen LogP contribution in [0.4, 0.5) is 11.4 Å². The van der Waals surface area contributed by atoms with Crippen molar-refractivity contribution >= 4 is 17.3 Å². The maximum Gasteiger partial charge on any atom is 0.243 e. The Hall–Kier alpha value is -3.67. The molecule has 6 nitrogen and oxygen atoms in total. The summed E-state index contributed by atoms with van der Waals surface area (Å²) < 4.78 is 16.9. The number of hydrogen-bond acceptors (Lipinski definition) is 5. The van der Waals surface area contributed by atoms with E-state index in [-0.39, 0.29) is 12.5 Å². The molecule has 4 rings (SSSR count). The van der Waals surface area contributed by atoms with E-state index in [4.69, 9.17) is 14.2 Å². The van der Waals surface area contributed by atoms with Crippen LogP contribution in [-0.4, -0.2) is 25.7 Å². The molecule has 28 heavy (non-hydrogen) atoms. The highest BCUT2D eigenvalue weighted by Crippen LogP contribution is 2.32. The molecule has 0 saturated carbocycles. The summed E-state index contributed by atoms with van der Waals surface area (Å²) in [4.78, 5) is 12.3. The predicted molar refractivity (Wildman–Crippen MR) is 108 cm³/mol. The topological polar surface area (TPSA) is 68.8 Å². The Morgan fingerprint density at radius 1 is 0.893 bits per heavy atom. The van der Waals surface area contributed by atoms with Gasteiger partial charge in [-0.3, -0.25) is 4.79 Å². The molecule has 142 valence electrons. The molecule has 0 atom stereocenters. The summed E-state index contributed by atoms with van der Waals surface area (Å²) in [5.74, 6) is 2.54. The van der Waals surface area contributed by atoms with Crippen molar-refractivity contribution in [1.82, 2.24) is 0 Å². The number of benzene rings is 3. The SMILES string of the molecule is O=C(CNc1ccccc1Oc1ccccc1)Nc1ccc2c(c1)OCCO2. The molecule has 1 aliphatic heterocycles. The van der Waals surface area contributed by atoms with Gasteiger partial charge in [0.15, 0.2) is 17.2 Å². The minimum Gasteiger partial charge on any atom is -0.486 e. The quantitative estimate of drug-likeness (QED) is 0.671. The molecule has 0 saturated heterocycles. The van der Waals surface area contributed by atoms with Crippen LogP contribution in [0, 0.1) is 0 Å². The molecule has 6 heteroatoms. The number of nitrogens with one attached hydrogen (secondary N) is 2. The first-order valence-corrected chi connectivity index (χ1v) is 9.03. The second-order valence-corrected chi connectivity index (χ2v) is 6.17. The van der Waals surface area contributed by atoms with Gasteiger partial charge < -0.3 is 24.8 Å². The Morgan fingerprint density at radius 2 is 1.64 bits per heavy atom. The van der Waals surface area contributed by atoms with Crippen LogP contribution < -0.4 is 24.8 Å². The first-order valence-electron chi connectivity index (χ1n) is 9.03. The van der Waals surface area contributed by atoms with Gasteiger partial charge in [0.25, 0.3) is 0 Å². The molecule has 0 radical (unpaired) electrons. The van der Waals surface area contributed by atoms with Crippen molar-refractivity contribution in [2.75, 3.05) is 30.4 Å². The number of para-hydroxylation sites is 3. The Kier molecular flexibility index (Phi) is 5.29. The zero-order chi connectivity index (χ0) is 19.2. The fraction of sp³-hybridized carbons (Fsp3) is 0.136. The summed E-state index contributed by atoms with van der Waals surface area (Å²) in [6, 6.07) is 22.4. The van der Waals surface area contributed by atoms with Crippen LogP contribution in [0.25, 0.3) is 0 Å². The van der Waals surface area contributed by atoms with Crippen molar-refractivity contribution in [3.8, 4) is 23.0 Å². The summed E-state index contributed by atoms with van der Waals surface area (Å²) in [5, 5.41) is 5.98. The Morgan fingerprint density at radius 3 is 2.50 bits per heavy atom. The molecule has 2 N–H and O–H groups in total. The van der Waals surface area contributed by atoms with E-state index < -0.39 is 0 Å². The number of rotatable bonds is 6. The monoisotopic (exact) mass is 376 g/mol. The number of amides is 1. The smallest absolute Gasteiger partial charge is 0.243 e. The maximum atomic E-state index is 12.3. The van der Waals surface area contributed by atoms with Crippen LogP contribution in [0.2, 0.25) is 0 Å². The van der Waals surface area contributed by atoms with E-state index in [2.05, 4.69) is 10.6 Å². The van der Waals surface area contributed by atoms with Gasteiger partial charge in [0, 0.05) is 11.8 Å². The zero-order valence-electron chi connectivity index (χ0n) is 15.2. The number of fused-ring (bicyclic) bond motifs is 1. The summed E-state index contributed by atoms with van der Waals surface area (Å²) in [6.07, 6.45) is 0. The van der Waals surface area contributed by atoms with Gasteiger partial charge in [-0.15, -0.1) is 0 Å². The van der Waals surface area contributed by atoms with E-state index >= 15 is 0 Å². The molecular weight excluding hydrogens is 356 g/mol. The molecule has 0 bridgehead atoms. The third kappa shape index (κ3) is 4.35. The molecule has 0 aliphatic carbocycles. The lowest BCUT2D eigenvalue weighted by Gasteiger charge is -2.19. The van der Waals surface area contributed by atoms with Crippen molar-refractivity contribution in [2.24, 2.45) is 0 Å². The van der Waals surface area contributed by atoms with Crippen LogP contribution in [0.3, 0.4) is 0 Å². The van der Waals surface area contributed by atoms with Crippen LogP contribution >= 0.6 is 0 Å². The minimum atomic E-state index is -0.175. The molecule has 0 unspecified atom stereocenters. The van der Waals surface area contributed by atoms with Crippen molar-refractivity contribution in [3.05, 3.63) is 72.8 Å². The highest BCUT2D eigenvalue weighted by atomic mass is 16.6. The Balaban J connectivity index is 1.37. The summed E-state index contributed by atoms with van der Waals surface area (Å²) in [7, 11) is 0. The molecule has 1 heterocycles. The van der Waals surface area contributed by atoms with Crippen molar-refractivity contribution in [3.63, 3.8) is 0 Å². The standard InChI is InChI=1S/C22H20N2O4/c25-22(24-16-10-11-20-21(14-16)27-13-12-26-20)15-23-18-8-4-5-9-19(18)28-17-6-2-1-3-7-17/h1-11,14,23H,12-13,15H2,(H,24,25). The van der Waals surface area contributed by atoms with Gasteiger partial charge in [-0.25, -0.2) is 0 Å². The van der Waals surface area contributed by atoms with E-state index in [9.17, 15) is 4.79 Å². The van der Waals surface area contributed by atoms with Crippen LogP contribution in [0.15, 0.2) is 72.8 Å². The Bertz CT molecular complexity index is 960. The average molecular weight is 376 g/mol. The Labute approximate surface area is 163 Å². The fourth-order valence-electron chi connectivity index (χ4n) is 2.82. The zero-order valence-corrected chi connectivity index (χ0v) is 15.2. The third-order valence-corrected chi connectivity index (χ3v) is 4.12. The lowest BCUT2D eigenvalue weighted by atomic mass is 10.2. The van der Waals surface area contributed by atoms with Crippen molar-refractivity contribution < 1.29 is 19.0 Å². The van der Waals surface area contributed by atoms with Gasteiger partial charge in [-0.2, -0.15) is 0 Å². The number of anilines is 2. The highest BCUT2D eigenvalue weighted by molar-refractivity contribution is 5.94. The molecule has 0 aromatic heterocycles. The van der Waals surface area contributed by atoms with E-state index in [1.54, 1.807) is 18.2 Å².